The van der Waals surface area contributed by atoms with Crippen LogP contribution in [-0.4, -0.2) is 6.54 Å². The molecule has 2 heteroatoms. The predicted octanol–water partition coefficient (Wildman–Crippen LogP) is 3.72. The summed E-state index contributed by atoms with van der Waals surface area (Å²) in [6.45, 7) is 9.45. The maximum absolute atomic E-state index is 5.91. The summed E-state index contributed by atoms with van der Waals surface area (Å²) in [6.07, 6.45) is 0. The van der Waals surface area contributed by atoms with E-state index in [1.54, 1.807) is 0 Å². The molecule has 2 nitrogen and oxygen atoms in total. The summed E-state index contributed by atoms with van der Waals surface area (Å²) in [5.74, 6) is 1.06. The molecule has 0 saturated carbocycles. The molecule has 1 aromatic heterocycles. The van der Waals surface area contributed by atoms with Gasteiger partial charge in [-0.1, -0.05) is 18.6 Å². The highest BCUT2D eigenvalue weighted by atomic mass is 16.3. The van der Waals surface area contributed by atoms with Gasteiger partial charge in [-0.25, -0.2) is 0 Å². The molecule has 1 atom stereocenters. The second-order valence-electron chi connectivity index (χ2n) is 4.37. The molecule has 86 valence electrons. The minimum Gasteiger partial charge on any atom is -0.459 e. The van der Waals surface area contributed by atoms with Gasteiger partial charge in [0.05, 0.1) is 6.04 Å². The molecule has 0 aliphatic rings. The molecule has 2 rings (SSSR count). The highest BCUT2D eigenvalue weighted by Gasteiger charge is 2.15. The van der Waals surface area contributed by atoms with Crippen LogP contribution in [0.4, 0.5) is 0 Å². The molecule has 16 heavy (non-hydrogen) atoms. The second-order valence-corrected chi connectivity index (χ2v) is 4.37. The SMILES string of the molecule is CCNC(C)c1oc2ccc(C)cc2c1C. The van der Waals surface area contributed by atoms with Crippen molar-refractivity contribution in [1.82, 2.24) is 5.32 Å². The van der Waals surface area contributed by atoms with Gasteiger partial charge in [0.15, 0.2) is 0 Å². The van der Waals surface area contributed by atoms with Gasteiger partial charge in [-0.2, -0.15) is 0 Å². The zero-order chi connectivity index (χ0) is 11.7. The minimum absolute atomic E-state index is 0.276. The number of aryl methyl sites for hydroxylation is 2. The van der Waals surface area contributed by atoms with Crippen molar-refractivity contribution in [3.8, 4) is 0 Å². The van der Waals surface area contributed by atoms with Crippen molar-refractivity contribution in [2.75, 3.05) is 6.54 Å². The maximum Gasteiger partial charge on any atom is 0.134 e. The molecule has 0 spiro atoms. The molecule has 1 aromatic carbocycles. The number of furan rings is 1. The van der Waals surface area contributed by atoms with E-state index in [4.69, 9.17) is 4.42 Å². The fourth-order valence-electron chi connectivity index (χ4n) is 2.17. The Hall–Kier alpha value is -1.28. The van der Waals surface area contributed by atoms with Crippen molar-refractivity contribution < 1.29 is 4.42 Å². The summed E-state index contributed by atoms with van der Waals surface area (Å²) in [6, 6.07) is 6.61. The Balaban J connectivity index is 2.51. The average Bonchev–Trinajstić information content (AvgIpc) is 2.57. The molecule has 1 heterocycles. The highest BCUT2D eigenvalue weighted by Crippen LogP contribution is 2.29. The molecular weight excluding hydrogens is 198 g/mol. The topological polar surface area (TPSA) is 25.2 Å². The molecule has 0 amide bonds. The summed E-state index contributed by atoms with van der Waals surface area (Å²) in [5.41, 5.74) is 3.52. The molecule has 0 aliphatic carbocycles. The number of hydrogen-bond donors (Lipinski definition) is 1. The van der Waals surface area contributed by atoms with Gasteiger partial charge in [-0.3, -0.25) is 0 Å². The van der Waals surface area contributed by atoms with Gasteiger partial charge in [-0.15, -0.1) is 0 Å². The zero-order valence-corrected chi connectivity index (χ0v) is 10.4. The first kappa shape index (κ1) is 11.2. The Morgan fingerprint density at radius 2 is 2.06 bits per heavy atom. The standard InChI is InChI=1S/C14H19NO/c1-5-15-11(4)14-10(3)12-8-9(2)6-7-13(12)16-14/h6-8,11,15H,5H2,1-4H3. The monoisotopic (exact) mass is 217 g/mol. The van der Waals surface area contributed by atoms with Crippen molar-refractivity contribution in [3.05, 3.63) is 35.1 Å². The third-order valence-corrected chi connectivity index (χ3v) is 3.03. The number of nitrogens with one attached hydrogen (secondary N) is 1. The summed E-state index contributed by atoms with van der Waals surface area (Å²) >= 11 is 0. The van der Waals surface area contributed by atoms with E-state index >= 15 is 0 Å². The fourth-order valence-corrected chi connectivity index (χ4v) is 2.17. The van der Waals surface area contributed by atoms with Crippen molar-refractivity contribution in [2.24, 2.45) is 0 Å². The van der Waals surface area contributed by atoms with Crippen LogP contribution in [0.2, 0.25) is 0 Å². The van der Waals surface area contributed by atoms with E-state index in [1.807, 2.05) is 0 Å². The quantitative estimate of drug-likeness (QED) is 0.847. The highest BCUT2D eigenvalue weighted by molar-refractivity contribution is 5.82. The molecule has 0 saturated heterocycles. The van der Waals surface area contributed by atoms with Gasteiger partial charge < -0.3 is 9.73 Å². The van der Waals surface area contributed by atoms with Crippen LogP contribution in [0.1, 0.15) is 36.8 Å². The Morgan fingerprint density at radius 3 is 2.75 bits per heavy atom. The molecule has 0 aliphatic heterocycles. The lowest BCUT2D eigenvalue weighted by atomic mass is 10.1. The first-order valence-electron chi connectivity index (χ1n) is 5.86. The maximum atomic E-state index is 5.91. The second kappa shape index (κ2) is 4.30. The van der Waals surface area contributed by atoms with E-state index in [1.165, 1.54) is 16.5 Å². The predicted molar refractivity (Wildman–Crippen MR) is 67.8 cm³/mol. The third-order valence-electron chi connectivity index (χ3n) is 3.03. The van der Waals surface area contributed by atoms with E-state index < -0.39 is 0 Å². The van der Waals surface area contributed by atoms with Gasteiger partial charge >= 0.3 is 0 Å². The number of fused-ring (bicyclic) bond motifs is 1. The van der Waals surface area contributed by atoms with Crippen LogP contribution < -0.4 is 5.32 Å². The first-order valence-corrected chi connectivity index (χ1v) is 5.86. The van der Waals surface area contributed by atoms with Crippen LogP contribution >= 0.6 is 0 Å². The molecule has 2 aromatic rings. The summed E-state index contributed by atoms with van der Waals surface area (Å²) in [7, 11) is 0. The fraction of sp³-hybridized carbons (Fsp3) is 0.429. The van der Waals surface area contributed by atoms with Gasteiger partial charge in [-0.05, 0) is 45.0 Å². The van der Waals surface area contributed by atoms with Crippen LogP contribution in [-0.2, 0) is 0 Å². The Morgan fingerprint density at radius 1 is 1.31 bits per heavy atom. The Bertz CT molecular complexity index is 499. The van der Waals surface area contributed by atoms with Gasteiger partial charge in [0.1, 0.15) is 11.3 Å². The van der Waals surface area contributed by atoms with E-state index in [0.717, 1.165) is 17.9 Å². The summed E-state index contributed by atoms with van der Waals surface area (Å²) in [4.78, 5) is 0. The Kier molecular flexibility index (Phi) is 3.01. The summed E-state index contributed by atoms with van der Waals surface area (Å²) in [5, 5.41) is 4.62. The van der Waals surface area contributed by atoms with Gasteiger partial charge in [0, 0.05) is 5.39 Å². The molecule has 0 fully saturated rings. The minimum atomic E-state index is 0.276. The van der Waals surface area contributed by atoms with E-state index in [-0.39, 0.29) is 6.04 Å². The Labute approximate surface area is 96.6 Å². The van der Waals surface area contributed by atoms with Gasteiger partial charge in [0.25, 0.3) is 0 Å². The van der Waals surface area contributed by atoms with Crippen LogP contribution in [0.3, 0.4) is 0 Å². The largest absolute Gasteiger partial charge is 0.459 e. The van der Waals surface area contributed by atoms with E-state index in [0.29, 0.717) is 0 Å². The number of rotatable bonds is 3. The van der Waals surface area contributed by atoms with Crippen molar-refractivity contribution in [2.45, 2.75) is 33.7 Å². The van der Waals surface area contributed by atoms with Crippen LogP contribution in [0.25, 0.3) is 11.0 Å². The molecule has 0 bridgehead atoms. The zero-order valence-electron chi connectivity index (χ0n) is 10.4. The lowest BCUT2D eigenvalue weighted by molar-refractivity contribution is 0.456. The lowest BCUT2D eigenvalue weighted by Gasteiger charge is -2.09. The lowest BCUT2D eigenvalue weighted by Crippen LogP contribution is -2.17. The van der Waals surface area contributed by atoms with Crippen LogP contribution in [0.15, 0.2) is 22.6 Å². The van der Waals surface area contributed by atoms with Crippen LogP contribution in [0, 0.1) is 13.8 Å². The normalized spacial score (nSPS) is 13.2. The molecular formula is C14H19NO. The smallest absolute Gasteiger partial charge is 0.134 e. The molecule has 0 radical (unpaired) electrons. The third kappa shape index (κ3) is 1.85. The van der Waals surface area contributed by atoms with Crippen molar-refractivity contribution in [1.29, 1.82) is 0 Å². The average molecular weight is 217 g/mol. The molecule has 1 N–H and O–H groups in total. The number of benzene rings is 1. The molecule has 1 unspecified atom stereocenters. The van der Waals surface area contributed by atoms with Crippen molar-refractivity contribution >= 4 is 11.0 Å². The van der Waals surface area contributed by atoms with E-state index in [9.17, 15) is 0 Å². The summed E-state index contributed by atoms with van der Waals surface area (Å²) < 4.78 is 5.91. The first-order chi connectivity index (χ1) is 7.63. The van der Waals surface area contributed by atoms with E-state index in [2.05, 4.69) is 51.2 Å². The van der Waals surface area contributed by atoms with Crippen molar-refractivity contribution in [3.63, 3.8) is 0 Å². The number of hydrogen-bond acceptors (Lipinski definition) is 2. The van der Waals surface area contributed by atoms with Gasteiger partial charge in [0.2, 0.25) is 0 Å². The van der Waals surface area contributed by atoms with Crippen LogP contribution in [0.5, 0.6) is 0 Å².